The second-order valence-corrected chi connectivity index (χ2v) is 31.9. The molecule has 0 spiro atoms. The molecule has 0 amide bonds. The average molecular weight is 1280 g/mol. The van der Waals surface area contributed by atoms with Gasteiger partial charge in [-0.05, 0) is 25.7 Å². The molecule has 0 unspecified atom stereocenters. The Morgan fingerprint density at radius 1 is 0.222 bits per heavy atom. The topological polar surface area (TPSA) is 0 Å². The van der Waals surface area contributed by atoms with Gasteiger partial charge in [0.15, 0.2) is 0 Å². The van der Waals surface area contributed by atoms with Crippen LogP contribution in [0.25, 0.3) is 0 Å². The van der Waals surface area contributed by atoms with Crippen LogP contribution in [0.3, 0.4) is 0 Å². The molecule has 0 atom stereocenters. The minimum atomic E-state index is -0.292. The van der Waals surface area contributed by atoms with Crippen LogP contribution in [-0.4, -0.2) is 19.4 Å². The van der Waals surface area contributed by atoms with Crippen LogP contribution < -0.4 is 0 Å². The average Bonchev–Trinajstić information content (AvgIpc) is 2.75. The number of halogens is 12. The first-order valence-corrected chi connectivity index (χ1v) is 22.2. The number of hydrogen-bond donors (Lipinski definition) is 0. The van der Waals surface area contributed by atoms with Crippen LogP contribution in [0.15, 0.2) is 0 Å². The Labute approximate surface area is 321 Å². The standard InChI is InChI=1S/2C12H18Br6/c2*13-10(14)8-6-4-2-1-3-5-7-9-11(15,16)12(10,17)18/h2*1-9H2. The third kappa shape index (κ3) is 12.3. The molecule has 2 aliphatic rings. The van der Waals surface area contributed by atoms with E-state index in [1.165, 1.54) is 89.9 Å². The van der Waals surface area contributed by atoms with Crippen LogP contribution in [-0.2, 0) is 0 Å². The van der Waals surface area contributed by atoms with Gasteiger partial charge in [0.1, 0.15) is 19.4 Å². The van der Waals surface area contributed by atoms with Gasteiger partial charge >= 0.3 is 0 Å². The quantitative estimate of drug-likeness (QED) is 0.212. The molecule has 12 heteroatoms. The lowest BCUT2D eigenvalue weighted by molar-refractivity contribution is 0.502. The zero-order valence-corrected chi connectivity index (χ0v) is 39.3. The van der Waals surface area contributed by atoms with Crippen molar-refractivity contribution in [2.45, 2.75) is 135 Å². The molecule has 216 valence electrons. The number of alkyl halides is 12. The van der Waals surface area contributed by atoms with Crippen molar-refractivity contribution >= 4 is 191 Å². The predicted octanol–water partition coefficient (Wildman–Crippen LogP) is 15.9. The maximum atomic E-state index is 3.85. The van der Waals surface area contributed by atoms with Crippen LogP contribution in [0.5, 0.6) is 0 Å². The van der Waals surface area contributed by atoms with Gasteiger partial charge in [-0.3, -0.25) is 0 Å². The lowest BCUT2D eigenvalue weighted by Gasteiger charge is -2.44. The van der Waals surface area contributed by atoms with E-state index in [4.69, 9.17) is 0 Å². The summed E-state index contributed by atoms with van der Waals surface area (Å²) < 4.78 is -1.31. The highest BCUT2D eigenvalue weighted by molar-refractivity contribution is 9.33. The van der Waals surface area contributed by atoms with E-state index in [9.17, 15) is 0 Å². The first-order chi connectivity index (χ1) is 16.4. The van der Waals surface area contributed by atoms with Crippen molar-refractivity contribution in [2.75, 3.05) is 0 Å². The van der Waals surface area contributed by atoms with E-state index >= 15 is 0 Å². The third-order valence-electron chi connectivity index (χ3n) is 6.80. The van der Waals surface area contributed by atoms with E-state index < -0.39 is 0 Å². The van der Waals surface area contributed by atoms with Crippen molar-refractivity contribution in [3.63, 3.8) is 0 Å². The Kier molecular flexibility index (Phi) is 19.9. The van der Waals surface area contributed by atoms with Crippen molar-refractivity contribution in [2.24, 2.45) is 0 Å². The van der Waals surface area contributed by atoms with Gasteiger partial charge in [0.25, 0.3) is 0 Å². The minimum absolute atomic E-state index is 0.181. The summed E-state index contributed by atoms with van der Waals surface area (Å²) in [5.74, 6) is 0. The molecule has 0 saturated heterocycles. The van der Waals surface area contributed by atoms with Crippen molar-refractivity contribution in [3.8, 4) is 0 Å². The fourth-order valence-corrected chi connectivity index (χ4v) is 13.0. The molecule has 0 bridgehead atoms. The summed E-state index contributed by atoms with van der Waals surface area (Å²) in [5, 5.41) is 0. The Morgan fingerprint density at radius 2 is 0.361 bits per heavy atom. The molecule has 0 aromatic carbocycles. The molecular weight excluding hydrogens is 1250 g/mol. The highest BCUT2D eigenvalue weighted by Crippen LogP contribution is 2.64. The fraction of sp³-hybridized carbons (Fsp3) is 1.00. The summed E-state index contributed by atoms with van der Waals surface area (Å²) in [7, 11) is 0. The SMILES string of the molecule is BrC1(Br)CCCCCCCCCC(Br)(Br)C1(Br)Br.BrC1(Br)CCCCCCCCCC(Br)(Br)C1(Br)Br. The Hall–Kier alpha value is 5.76. The molecule has 0 N–H and O–H groups in total. The Balaban J connectivity index is 0.000000360. The minimum Gasteiger partial charge on any atom is -0.0701 e. The number of rotatable bonds is 0. The molecule has 0 heterocycles. The molecule has 0 nitrogen and oxygen atoms in total. The van der Waals surface area contributed by atoms with E-state index in [-0.39, 0.29) is 19.4 Å². The maximum Gasteiger partial charge on any atom is 0.130 e. The van der Waals surface area contributed by atoms with E-state index in [1.807, 2.05) is 0 Å². The molecule has 0 aromatic rings. The van der Waals surface area contributed by atoms with Gasteiger partial charge in [0.05, 0.1) is 0 Å². The normalized spacial score (nSPS) is 29.0. The van der Waals surface area contributed by atoms with Crippen LogP contribution in [0.4, 0.5) is 0 Å². The van der Waals surface area contributed by atoms with E-state index in [2.05, 4.69) is 191 Å². The summed E-state index contributed by atoms with van der Waals surface area (Å²) in [6, 6.07) is 0. The van der Waals surface area contributed by atoms with Gasteiger partial charge in [-0.25, -0.2) is 0 Å². The molecule has 2 aliphatic carbocycles. The lowest BCUT2D eigenvalue weighted by atomic mass is 10.0. The van der Waals surface area contributed by atoms with Gasteiger partial charge in [0, 0.05) is 0 Å². The summed E-state index contributed by atoms with van der Waals surface area (Å²) in [6.07, 6.45) is 22.7. The Morgan fingerprint density at radius 3 is 0.528 bits per heavy atom. The van der Waals surface area contributed by atoms with Gasteiger partial charge < -0.3 is 0 Å². The zero-order chi connectivity index (χ0) is 27.7. The molecule has 0 aromatic heterocycles. The first kappa shape index (κ1) is 39.8. The molecule has 0 aliphatic heterocycles. The smallest absolute Gasteiger partial charge is 0.0701 e. The van der Waals surface area contributed by atoms with Gasteiger partial charge in [-0.15, -0.1) is 0 Å². The summed E-state index contributed by atoms with van der Waals surface area (Å²) in [6.45, 7) is 0. The second kappa shape index (κ2) is 18.0. The highest BCUT2D eigenvalue weighted by atomic mass is 79.9. The van der Waals surface area contributed by atoms with Crippen molar-refractivity contribution in [1.82, 2.24) is 0 Å². The summed E-state index contributed by atoms with van der Waals surface area (Å²) in [5.41, 5.74) is 0. The van der Waals surface area contributed by atoms with Crippen LogP contribution >= 0.6 is 191 Å². The first-order valence-electron chi connectivity index (χ1n) is 12.7. The number of hydrogen-bond acceptors (Lipinski definition) is 0. The summed E-state index contributed by atoms with van der Waals surface area (Å²) >= 11 is 46.2. The molecule has 2 fully saturated rings. The van der Waals surface area contributed by atoms with Crippen molar-refractivity contribution in [1.29, 1.82) is 0 Å². The van der Waals surface area contributed by atoms with E-state index in [0.29, 0.717) is 0 Å². The second-order valence-electron chi connectivity index (χ2n) is 9.92. The largest absolute Gasteiger partial charge is 0.130 e. The molecule has 2 rings (SSSR count). The summed E-state index contributed by atoms with van der Waals surface area (Å²) in [4.78, 5) is 0. The maximum absolute atomic E-state index is 3.85. The van der Waals surface area contributed by atoms with Gasteiger partial charge in [-0.1, -0.05) is 281 Å². The third-order valence-corrected chi connectivity index (χ3v) is 28.7. The van der Waals surface area contributed by atoms with Gasteiger partial charge in [-0.2, -0.15) is 0 Å². The van der Waals surface area contributed by atoms with Crippen LogP contribution in [0, 0.1) is 0 Å². The highest BCUT2D eigenvalue weighted by Gasteiger charge is 2.57. The monoisotopic (exact) mass is 1270 g/mol. The van der Waals surface area contributed by atoms with E-state index in [0.717, 1.165) is 25.7 Å². The predicted molar refractivity (Wildman–Crippen MR) is 207 cm³/mol. The molecule has 0 radical (unpaired) electrons. The molecule has 36 heavy (non-hydrogen) atoms. The van der Waals surface area contributed by atoms with Crippen LogP contribution in [0.2, 0.25) is 0 Å². The van der Waals surface area contributed by atoms with Gasteiger partial charge in [0.2, 0.25) is 0 Å². The zero-order valence-electron chi connectivity index (χ0n) is 20.3. The molecular formula is C24H36Br12. The van der Waals surface area contributed by atoms with Crippen LogP contribution in [0.1, 0.15) is 116 Å². The van der Waals surface area contributed by atoms with E-state index in [1.54, 1.807) is 0 Å². The lowest BCUT2D eigenvalue weighted by Crippen LogP contribution is -2.47. The van der Waals surface area contributed by atoms with Crippen molar-refractivity contribution < 1.29 is 0 Å². The van der Waals surface area contributed by atoms with Crippen molar-refractivity contribution in [3.05, 3.63) is 0 Å². The molecule has 2 saturated carbocycles. The fourth-order valence-electron chi connectivity index (χ4n) is 4.32. The Bertz CT molecular complexity index is 529.